The van der Waals surface area contributed by atoms with E-state index < -0.39 is 0 Å². The van der Waals surface area contributed by atoms with Gasteiger partial charge in [-0.25, -0.2) is 0 Å². The molecule has 0 aromatic heterocycles. The molecule has 0 saturated heterocycles. The second kappa shape index (κ2) is 10.3. The Morgan fingerprint density at radius 2 is 1.67 bits per heavy atom. The van der Waals surface area contributed by atoms with Gasteiger partial charge in [0.25, 0.3) is 0 Å². The fourth-order valence-corrected chi connectivity index (χ4v) is 0.635. The van der Waals surface area contributed by atoms with E-state index >= 15 is 0 Å². The van der Waals surface area contributed by atoms with Gasteiger partial charge in [-0.1, -0.05) is 26.1 Å². The fourth-order valence-electron chi connectivity index (χ4n) is 0.635. The minimum absolute atomic E-state index is 0. The standard InChI is InChI=1S/C6H12B.2Y/c1-5(2)4-6(3)7;;/h5-6H,1,4H2,2-3H3;;/q-1;;. The van der Waals surface area contributed by atoms with Crippen molar-refractivity contribution in [3.05, 3.63) is 6.92 Å². The molecule has 46 valence electrons. The van der Waals surface area contributed by atoms with Gasteiger partial charge < -0.3 is 6.92 Å². The van der Waals surface area contributed by atoms with Crippen LogP contribution in [0.3, 0.4) is 0 Å². The van der Waals surface area contributed by atoms with Crippen LogP contribution in [0.2, 0.25) is 5.82 Å². The maximum Gasteiger partial charge on any atom is 0.0694 e. The molecule has 0 aromatic rings. The monoisotopic (exact) mass is 273 g/mol. The fraction of sp³-hybridized carbons (Fsp3) is 0.833. The third-order valence-corrected chi connectivity index (χ3v) is 0.774. The quantitative estimate of drug-likeness (QED) is 0.531. The van der Waals surface area contributed by atoms with Crippen molar-refractivity contribution < 1.29 is 65.4 Å². The summed E-state index contributed by atoms with van der Waals surface area (Å²) in [5.41, 5.74) is 0. The first kappa shape index (κ1) is 17.4. The van der Waals surface area contributed by atoms with Crippen LogP contribution in [-0.4, -0.2) is 7.85 Å². The van der Waals surface area contributed by atoms with Crippen LogP contribution in [0.5, 0.6) is 0 Å². The molecule has 2 atom stereocenters. The second-order valence-corrected chi connectivity index (χ2v) is 2.32. The molecule has 9 heavy (non-hydrogen) atoms. The van der Waals surface area contributed by atoms with Gasteiger partial charge in [-0.2, -0.15) is 5.92 Å². The van der Waals surface area contributed by atoms with E-state index in [9.17, 15) is 0 Å². The van der Waals surface area contributed by atoms with Crippen LogP contribution in [0.4, 0.5) is 0 Å². The van der Waals surface area contributed by atoms with Gasteiger partial charge in [-0.15, -0.1) is 0 Å². The van der Waals surface area contributed by atoms with Gasteiger partial charge in [0.2, 0.25) is 0 Å². The summed E-state index contributed by atoms with van der Waals surface area (Å²) in [5, 5.41) is 0. The second-order valence-electron chi connectivity index (χ2n) is 2.32. The maximum absolute atomic E-state index is 5.45. The van der Waals surface area contributed by atoms with E-state index in [-0.39, 0.29) is 65.4 Å². The van der Waals surface area contributed by atoms with E-state index in [0.29, 0.717) is 11.7 Å². The minimum Gasteiger partial charge on any atom is -0.341 e. The van der Waals surface area contributed by atoms with Crippen molar-refractivity contribution in [1.82, 2.24) is 0 Å². The molecule has 0 N–H and O–H groups in total. The largest absolute Gasteiger partial charge is 0.341 e. The van der Waals surface area contributed by atoms with Crippen LogP contribution in [0, 0.1) is 12.8 Å². The van der Waals surface area contributed by atoms with Crippen LogP contribution in [0.25, 0.3) is 0 Å². The Labute approximate surface area is 110 Å². The van der Waals surface area contributed by atoms with E-state index in [1.165, 1.54) is 0 Å². The molecule has 0 amide bonds. The summed E-state index contributed by atoms with van der Waals surface area (Å²) in [5.74, 6) is 0.812. The third kappa shape index (κ3) is 17.9. The molecular weight excluding hydrogens is 261 g/mol. The first-order valence-corrected chi connectivity index (χ1v) is 2.71. The summed E-state index contributed by atoms with van der Waals surface area (Å²) in [6, 6.07) is 0. The molecule has 0 heterocycles. The molecule has 0 bridgehead atoms. The van der Waals surface area contributed by atoms with Crippen LogP contribution >= 0.6 is 0 Å². The van der Waals surface area contributed by atoms with Crippen LogP contribution in [-0.2, 0) is 65.4 Å². The SMILES string of the molecule is [B]C(C)CC([CH2-])C.[Y].[Y]. The molecule has 0 nitrogen and oxygen atoms in total. The summed E-state index contributed by atoms with van der Waals surface area (Å²) in [7, 11) is 5.45. The smallest absolute Gasteiger partial charge is 0.0694 e. The molecule has 3 heteroatoms. The van der Waals surface area contributed by atoms with Crippen molar-refractivity contribution in [2.24, 2.45) is 5.92 Å². The van der Waals surface area contributed by atoms with Crippen molar-refractivity contribution in [3.63, 3.8) is 0 Å². The Kier molecular flexibility index (Phi) is 19.8. The Hall–Kier alpha value is 2.27. The molecule has 0 rings (SSSR count). The molecular formula is C6H12BY2-. The van der Waals surface area contributed by atoms with Crippen LogP contribution < -0.4 is 0 Å². The normalized spacial score (nSPS) is 14.6. The van der Waals surface area contributed by atoms with Gasteiger partial charge in [0.05, 0.1) is 7.85 Å². The molecule has 0 aliphatic rings. The summed E-state index contributed by atoms with van der Waals surface area (Å²) in [6.07, 6.45) is 1.03. The zero-order valence-corrected chi connectivity index (χ0v) is 12.0. The Bertz CT molecular complexity index is 40.3. The zero-order chi connectivity index (χ0) is 5.86. The van der Waals surface area contributed by atoms with E-state index in [1.54, 1.807) is 0 Å². The van der Waals surface area contributed by atoms with E-state index in [2.05, 4.69) is 13.8 Å². The predicted molar refractivity (Wildman–Crippen MR) is 34.3 cm³/mol. The average Bonchev–Trinajstić information content (AvgIpc) is 1.27. The van der Waals surface area contributed by atoms with Gasteiger partial charge in [0.1, 0.15) is 0 Å². The predicted octanol–water partition coefficient (Wildman–Crippen LogP) is 1.82. The molecule has 0 fully saturated rings. The van der Waals surface area contributed by atoms with Crippen LogP contribution in [0.15, 0.2) is 0 Å². The summed E-state index contributed by atoms with van der Waals surface area (Å²) < 4.78 is 0. The topological polar surface area (TPSA) is 0 Å². The van der Waals surface area contributed by atoms with E-state index in [1.807, 2.05) is 6.92 Å². The number of hydrogen-bond acceptors (Lipinski definition) is 0. The summed E-state index contributed by atoms with van der Waals surface area (Å²) in [4.78, 5) is 0. The summed E-state index contributed by atoms with van der Waals surface area (Å²) in [6.45, 7) is 7.87. The first-order valence-electron chi connectivity index (χ1n) is 2.71. The van der Waals surface area contributed by atoms with Crippen molar-refractivity contribution in [1.29, 1.82) is 0 Å². The third-order valence-electron chi connectivity index (χ3n) is 0.774. The maximum atomic E-state index is 5.45. The van der Waals surface area contributed by atoms with Gasteiger partial charge in [-0.05, 0) is 0 Å². The molecule has 0 aromatic carbocycles. The molecule has 0 spiro atoms. The molecule has 4 radical (unpaired) electrons. The van der Waals surface area contributed by atoms with Gasteiger partial charge >= 0.3 is 0 Å². The molecule has 2 unspecified atom stereocenters. The van der Waals surface area contributed by atoms with Gasteiger partial charge in [0, 0.05) is 65.4 Å². The van der Waals surface area contributed by atoms with Gasteiger partial charge in [0.15, 0.2) is 0 Å². The average molecular weight is 273 g/mol. The molecule has 0 saturated carbocycles. The van der Waals surface area contributed by atoms with E-state index in [4.69, 9.17) is 7.85 Å². The Balaban J connectivity index is -0.000000180. The summed E-state index contributed by atoms with van der Waals surface area (Å²) >= 11 is 0. The number of hydrogen-bond donors (Lipinski definition) is 0. The van der Waals surface area contributed by atoms with Crippen molar-refractivity contribution in [2.75, 3.05) is 0 Å². The van der Waals surface area contributed by atoms with Crippen molar-refractivity contribution in [3.8, 4) is 0 Å². The molecule has 0 aliphatic heterocycles. The Morgan fingerprint density at radius 1 is 1.33 bits per heavy atom. The minimum atomic E-state index is 0. The first-order chi connectivity index (χ1) is 3.13. The van der Waals surface area contributed by atoms with Crippen molar-refractivity contribution >= 4 is 7.85 Å². The number of rotatable bonds is 2. The zero-order valence-electron chi connectivity index (χ0n) is 6.30. The van der Waals surface area contributed by atoms with Crippen LogP contribution in [0.1, 0.15) is 20.3 Å². The Morgan fingerprint density at radius 3 is 1.67 bits per heavy atom. The van der Waals surface area contributed by atoms with Crippen molar-refractivity contribution in [2.45, 2.75) is 26.1 Å². The van der Waals surface area contributed by atoms with Gasteiger partial charge in [-0.3, -0.25) is 0 Å². The molecule has 0 aliphatic carbocycles. The van der Waals surface area contributed by atoms with E-state index in [0.717, 1.165) is 6.42 Å².